The highest BCUT2D eigenvalue weighted by molar-refractivity contribution is 5.95. The lowest BCUT2D eigenvalue weighted by molar-refractivity contribution is 0.318. The van der Waals surface area contributed by atoms with Crippen LogP contribution in [0.5, 0.6) is 11.8 Å². The van der Waals surface area contributed by atoms with Crippen LogP contribution in [0.3, 0.4) is 0 Å². The van der Waals surface area contributed by atoms with E-state index in [4.69, 9.17) is 15.7 Å². The van der Waals surface area contributed by atoms with Crippen LogP contribution in [0, 0.1) is 6.92 Å². The summed E-state index contributed by atoms with van der Waals surface area (Å²) in [6.07, 6.45) is 2.14. The standard InChI is InChI=1S/C15H18N4O2/c1-3-4-11-5-7-12(8-6-11)21-15-17-10(2)9-13(18-15)14(16)19-20/h5-9,20H,3-4H2,1-2H3,(H2,16,19). The number of benzene rings is 1. The van der Waals surface area contributed by atoms with Gasteiger partial charge in [-0.1, -0.05) is 30.6 Å². The first-order valence-corrected chi connectivity index (χ1v) is 6.72. The molecule has 0 atom stereocenters. The van der Waals surface area contributed by atoms with E-state index in [0.717, 1.165) is 12.8 Å². The van der Waals surface area contributed by atoms with E-state index in [1.807, 2.05) is 24.3 Å². The fourth-order valence-corrected chi connectivity index (χ4v) is 1.89. The number of nitrogens with zero attached hydrogens (tertiary/aromatic N) is 3. The number of aromatic nitrogens is 2. The minimum absolute atomic E-state index is 0.0800. The predicted molar refractivity (Wildman–Crippen MR) is 79.8 cm³/mol. The Balaban J connectivity index is 2.20. The Morgan fingerprint density at radius 2 is 2.00 bits per heavy atom. The summed E-state index contributed by atoms with van der Waals surface area (Å²) in [6, 6.07) is 9.56. The Bertz CT molecular complexity index is 639. The Hall–Kier alpha value is -2.63. The topological polar surface area (TPSA) is 93.6 Å². The van der Waals surface area contributed by atoms with Gasteiger partial charge >= 0.3 is 6.01 Å². The molecule has 2 aromatic rings. The maximum atomic E-state index is 8.70. The van der Waals surface area contributed by atoms with Gasteiger partial charge in [-0.15, -0.1) is 0 Å². The summed E-state index contributed by atoms with van der Waals surface area (Å²) in [4.78, 5) is 8.29. The summed E-state index contributed by atoms with van der Waals surface area (Å²) >= 11 is 0. The summed E-state index contributed by atoms with van der Waals surface area (Å²) in [5.41, 5.74) is 7.78. The number of hydrogen-bond acceptors (Lipinski definition) is 5. The van der Waals surface area contributed by atoms with Gasteiger partial charge in [-0.25, -0.2) is 4.98 Å². The van der Waals surface area contributed by atoms with E-state index < -0.39 is 0 Å². The van der Waals surface area contributed by atoms with Gasteiger partial charge in [0.15, 0.2) is 5.84 Å². The van der Waals surface area contributed by atoms with Crippen LogP contribution in [-0.4, -0.2) is 21.0 Å². The molecule has 21 heavy (non-hydrogen) atoms. The Morgan fingerprint density at radius 1 is 1.29 bits per heavy atom. The van der Waals surface area contributed by atoms with Gasteiger partial charge in [0.2, 0.25) is 0 Å². The second-order valence-electron chi connectivity index (χ2n) is 4.66. The molecule has 6 nitrogen and oxygen atoms in total. The lowest BCUT2D eigenvalue weighted by Gasteiger charge is -2.07. The predicted octanol–water partition coefficient (Wildman–Crippen LogP) is 2.62. The van der Waals surface area contributed by atoms with Crippen LogP contribution >= 0.6 is 0 Å². The zero-order valence-electron chi connectivity index (χ0n) is 12.1. The lowest BCUT2D eigenvalue weighted by Crippen LogP contribution is -2.16. The molecule has 110 valence electrons. The quantitative estimate of drug-likeness (QED) is 0.381. The van der Waals surface area contributed by atoms with Crippen molar-refractivity contribution >= 4 is 5.84 Å². The van der Waals surface area contributed by atoms with Crippen LogP contribution in [0.2, 0.25) is 0 Å². The van der Waals surface area contributed by atoms with Crippen LogP contribution in [0.4, 0.5) is 0 Å². The van der Waals surface area contributed by atoms with Gasteiger partial charge < -0.3 is 15.7 Å². The average Bonchev–Trinajstić information content (AvgIpc) is 2.48. The highest BCUT2D eigenvalue weighted by Crippen LogP contribution is 2.19. The van der Waals surface area contributed by atoms with E-state index >= 15 is 0 Å². The molecular formula is C15H18N4O2. The first-order chi connectivity index (χ1) is 10.1. The molecule has 0 aliphatic rings. The minimum Gasteiger partial charge on any atom is -0.424 e. The molecule has 0 spiro atoms. The molecule has 3 N–H and O–H groups in total. The largest absolute Gasteiger partial charge is 0.424 e. The summed E-state index contributed by atoms with van der Waals surface area (Å²) in [7, 11) is 0. The summed E-state index contributed by atoms with van der Waals surface area (Å²) in [5, 5.41) is 11.6. The fourth-order valence-electron chi connectivity index (χ4n) is 1.89. The summed E-state index contributed by atoms with van der Waals surface area (Å²) in [5.74, 6) is 0.564. The normalized spacial score (nSPS) is 11.4. The average molecular weight is 286 g/mol. The highest BCUT2D eigenvalue weighted by Gasteiger charge is 2.08. The first kappa shape index (κ1) is 14.8. The molecule has 0 radical (unpaired) electrons. The number of amidine groups is 1. The van der Waals surface area contributed by atoms with Gasteiger partial charge in [0.1, 0.15) is 11.4 Å². The van der Waals surface area contributed by atoms with Gasteiger partial charge in [-0.2, -0.15) is 4.98 Å². The number of aryl methyl sites for hydroxylation is 2. The molecule has 6 heteroatoms. The van der Waals surface area contributed by atoms with Crippen molar-refractivity contribution < 1.29 is 9.94 Å². The van der Waals surface area contributed by atoms with Crippen molar-refractivity contribution in [2.75, 3.05) is 0 Å². The van der Waals surface area contributed by atoms with Gasteiger partial charge in [-0.3, -0.25) is 0 Å². The molecule has 1 heterocycles. The third-order valence-corrected chi connectivity index (χ3v) is 2.88. The monoisotopic (exact) mass is 286 g/mol. The third kappa shape index (κ3) is 3.92. The van der Waals surface area contributed by atoms with Crippen molar-refractivity contribution in [2.24, 2.45) is 10.9 Å². The molecule has 2 rings (SSSR count). The molecule has 1 aromatic heterocycles. The smallest absolute Gasteiger partial charge is 0.322 e. The second-order valence-corrected chi connectivity index (χ2v) is 4.66. The van der Waals surface area contributed by atoms with E-state index in [1.54, 1.807) is 13.0 Å². The van der Waals surface area contributed by atoms with E-state index in [9.17, 15) is 0 Å². The van der Waals surface area contributed by atoms with Gasteiger partial charge in [0, 0.05) is 5.69 Å². The second kappa shape index (κ2) is 6.69. The Kier molecular flexibility index (Phi) is 4.71. The molecule has 0 amide bonds. The molecule has 0 bridgehead atoms. The Labute approximate surface area is 123 Å². The molecular weight excluding hydrogens is 268 g/mol. The Morgan fingerprint density at radius 3 is 2.62 bits per heavy atom. The number of hydrogen-bond donors (Lipinski definition) is 2. The molecule has 0 saturated carbocycles. The van der Waals surface area contributed by atoms with Crippen LogP contribution in [-0.2, 0) is 6.42 Å². The maximum absolute atomic E-state index is 8.70. The zero-order chi connectivity index (χ0) is 15.2. The number of ether oxygens (including phenoxy) is 1. The molecule has 0 aliphatic carbocycles. The molecule has 0 unspecified atom stereocenters. The minimum atomic E-state index is -0.0800. The number of oxime groups is 1. The van der Waals surface area contributed by atoms with E-state index in [1.165, 1.54) is 5.56 Å². The van der Waals surface area contributed by atoms with Crippen LogP contribution in [0.25, 0.3) is 0 Å². The van der Waals surface area contributed by atoms with Crippen molar-refractivity contribution in [3.63, 3.8) is 0 Å². The number of nitrogens with two attached hydrogens (primary N) is 1. The van der Waals surface area contributed by atoms with Crippen LogP contribution < -0.4 is 10.5 Å². The zero-order valence-corrected chi connectivity index (χ0v) is 12.1. The third-order valence-electron chi connectivity index (χ3n) is 2.88. The van der Waals surface area contributed by atoms with Crippen molar-refractivity contribution in [1.29, 1.82) is 0 Å². The van der Waals surface area contributed by atoms with Gasteiger partial charge in [-0.05, 0) is 37.1 Å². The summed E-state index contributed by atoms with van der Waals surface area (Å²) < 4.78 is 5.61. The van der Waals surface area contributed by atoms with Crippen LogP contribution in [0.1, 0.15) is 30.3 Å². The van der Waals surface area contributed by atoms with Crippen LogP contribution in [0.15, 0.2) is 35.5 Å². The van der Waals surface area contributed by atoms with Crippen molar-refractivity contribution in [3.8, 4) is 11.8 Å². The number of rotatable bonds is 5. The van der Waals surface area contributed by atoms with Crippen molar-refractivity contribution in [2.45, 2.75) is 26.7 Å². The van der Waals surface area contributed by atoms with E-state index in [-0.39, 0.29) is 11.8 Å². The SMILES string of the molecule is CCCc1ccc(Oc2nc(C)cc(/C(N)=N/O)n2)cc1. The first-order valence-electron chi connectivity index (χ1n) is 6.72. The molecule has 0 aliphatic heterocycles. The molecule has 0 saturated heterocycles. The highest BCUT2D eigenvalue weighted by atomic mass is 16.5. The molecule has 1 aromatic carbocycles. The van der Waals surface area contributed by atoms with E-state index in [0.29, 0.717) is 17.1 Å². The molecule has 0 fully saturated rings. The van der Waals surface area contributed by atoms with Crippen molar-refractivity contribution in [1.82, 2.24) is 9.97 Å². The van der Waals surface area contributed by atoms with Gasteiger partial charge in [0.05, 0.1) is 0 Å². The van der Waals surface area contributed by atoms with Gasteiger partial charge in [0.25, 0.3) is 0 Å². The fraction of sp³-hybridized carbons (Fsp3) is 0.267. The van der Waals surface area contributed by atoms with E-state index in [2.05, 4.69) is 22.0 Å². The van der Waals surface area contributed by atoms with Crippen molar-refractivity contribution in [3.05, 3.63) is 47.3 Å². The maximum Gasteiger partial charge on any atom is 0.322 e. The lowest BCUT2D eigenvalue weighted by atomic mass is 10.1. The summed E-state index contributed by atoms with van der Waals surface area (Å²) in [6.45, 7) is 3.92.